The maximum Gasteiger partial charge on any atom is 0.257 e. The Labute approximate surface area is 230 Å². The first-order valence-electron chi connectivity index (χ1n) is 13.9. The monoisotopic (exact) mass is 534 g/mol. The number of carbonyl (C=O) groups is 1. The lowest BCUT2D eigenvalue weighted by Crippen LogP contribution is -2.48. The average molecular weight is 535 g/mol. The molecular weight excluding hydrogens is 495 g/mol. The quantitative estimate of drug-likeness (QED) is 0.306. The lowest BCUT2D eigenvalue weighted by molar-refractivity contribution is 0.0974. The fourth-order valence-electron chi connectivity index (χ4n) is 5.73. The van der Waals surface area contributed by atoms with Gasteiger partial charge in [-0.1, -0.05) is 50.3 Å². The van der Waals surface area contributed by atoms with Gasteiger partial charge >= 0.3 is 0 Å². The van der Waals surface area contributed by atoms with E-state index < -0.39 is 0 Å². The second-order valence-electron chi connectivity index (χ2n) is 10.6. The lowest BCUT2D eigenvalue weighted by Gasteiger charge is -2.32. The standard InChI is InChI=1S/C30H39FN6O2/c1-20(19-39-2)33-30(35-29(38)24-12-8-9-21(17-24)18-32)34-28-26(22-10-6-4-3-5-7-11-22)27(36-37-28)23-13-15-25(31)16-14-23/h8-9,12-17,20,22,26-28,36-37H,3-7,10-11,19H2,1-2H3,(H2,33,34,35,38)/t20-,26?,27?,28?/m0/s1. The van der Waals surface area contributed by atoms with Crippen molar-refractivity contribution in [2.75, 3.05) is 13.7 Å². The van der Waals surface area contributed by atoms with Crippen LogP contribution in [0.3, 0.4) is 0 Å². The van der Waals surface area contributed by atoms with Crippen LogP contribution >= 0.6 is 0 Å². The van der Waals surface area contributed by atoms with Gasteiger partial charge in [0.15, 0.2) is 5.96 Å². The largest absolute Gasteiger partial charge is 0.383 e. The first-order valence-corrected chi connectivity index (χ1v) is 13.9. The van der Waals surface area contributed by atoms with Gasteiger partial charge in [-0.2, -0.15) is 5.26 Å². The molecule has 1 heterocycles. The molecule has 208 valence electrons. The Bertz CT molecular complexity index is 1160. The van der Waals surface area contributed by atoms with Gasteiger partial charge < -0.3 is 10.1 Å². The molecule has 2 aromatic rings. The molecule has 0 bridgehead atoms. The lowest BCUT2D eigenvalue weighted by atomic mass is 9.76. The SMILES string of the molecule is COC[C@H](C)NC(=NC1NNC(c2ccc(F)cc2)C1C1CCCCCCC1)NC(=O)c1cccc(C#N)c1. The summed E-state index contributed by atoms with van der Waals surface area (Å²) in [6.07, 6.45) is 7.98. The Morgan fingerprint density at radius 3 is 2.54 bits per heavy atom. The number of benzene rings is 2. The van der Waals surface area contributed by atoms with Crippen LogP contribution in [0.1, 0.15) is 79.4 Å². The molecule has 3 unspecified atom stereocenters. The predicted octanol–water partition coefficient (Wildman–Crippen LogP) is 4.56. The minimum absolute atomic E-state index is 0.0514. The third-order valence-corrected chi connectivity index (χ3v) is 7.61. The third-order valence-electron chi connectivity index (χ3n) is 7.61. The van der Waals surface area contributed by atoms with Crippen LogP contribution in [0.15, 0.2) is 53.5 Å². The fraction of sp³-hybridized carbons (Fsp3) is 0.500. The molecule has 1 saturated carbocycles. The minimum atomic E-state index is -0.355. The molecule has 9 heteroatoms. The normalized spacial score (nSPS) is 23.3. The van der Waals surface area contributed by atoms with E-state index in [1.165, 1.54) is 44.2 Å². The van der Waals surface area contributed by atoms with E-state index in [1.54, 1.807) is 31.4 Å². The third kappa shape index (κ3) is 7.85. The number of hydrogen-bond donors (Lipinski definition) is 4. The number of carbonyl (C=O) groups excluding carboxylic acids is 1. The zero-order chi connectivity index (χ0) is 27.6. The van der Waals surface area contributed by atoms with Crippen molar-refractivity contribution in [1.29, 1.82) is 5.26 Å². The van der Waals surface area contributed by atoms with Crippen molar-refractivity contribution in [3.05, 3.63) is 71.0 Å². The molecule has 39 heavy (non-hydrogen) atoms. The fourth-order valence-corrected chi connectivity index (χ4v) is 5.73. The molecule has 4 atom stereocenters. The van der Waals surface area contributed by atoms with Crippen molar-refractivity contribution in [2.45, 2.75) is 70.1 Å². The number of amides is 1. The molecule has 4 N–H and O–H groups in total. The van der Waals surface area contributed by atoms with Crippen LogP contribution < -0.4 is 21.5 Å². The zero-order valence-corrected chi connectivity index (χ0v) is 22.8. The van der Waals surface area contributed by atoms with E-state index in [9.17, 15) is 14.4 Å². The Hall–Kier alpha value is -3.32. The number of methoxy groups -OCH3 is 1. The molecule has 1 aliphatic heterocycles. The second-order valence-corrected chi connectivity index (χ2v) is 10.6. The van der Waals surface area contributed by atoms with Crippen LogP contribution in [0.4, 0.5) is 4.39 Å². The highest BCUT2D eigenvalue weighted by Crippen LogP contribution is 2.40. The van der Waals surface area contributed by atoms with Crippen LogP contribution in [0.2, 0.25) is 0 Å². The van der Waals surface area contributed by atoms with Crippen LogP contribution in [-0.4, -0.2) is 37.8 Å². The number of halogens is 1. The van der Waals surface area contributed by atoms with Gasteiger partial charge in [0.2, 0.25) is 0 Å². The van der Waals surface area contributed by atoms with Gasteiger partial charge in [0.05, 0.1) is 24.3 Å². The van der Waals surface area contributed by atoms with Gasteiger partial charge in [-0.25, -0.2) is 20.2 Å². The minimum Gasteiger partial charge on any atom is -0.383 e. The Morgan fingerprint density at radius 2 is 1.85 bits per heavy atom. The van der Waals surface area contributed by atoms with Crippen molar-refractivity contribution in [1.82, 2.24) is 21.5 Å². The number of nitrogens with one attached hydrogen (secondary N) is 4. The smallest absolute Gasteiger partial charge is 0.257 e. The number of aliphatic imine (C=N–C) groups is 1. The number of nitriles is 1. The van der Waals surface area contributed by atoms with Gasteiger partial charge in [0.25, 0.3) is 5.91 Å². The number of rotatable bonds is 7. The molecule has 1 aliphatic carbocycles. The van der Waals surface area contributed by atoms with E-state index in [0.717, 1.165) is 18.4 Å². The highest BCUT2D eigenvalue weighted by Gasteiger charge is 2.42. The van der Waals surface area contributed by atoms with Gasteiger partial charge in [-0.3, -0.25) is 10.1 Å². The number of ether oxygens (including phenoxy) is 1. The van der Waals surface area contributed by atoms with E-state index in [2.05, 4.69) is 27.6 Å². The molecule has 4 rings (SSSR count). The summed E-state index contributed by atoms with van der Waals surface area (Å²) >= 11 is 0. The van der Waals surface area contributed by atoms with Gasteiger partial charge in [0.1, 0.15) is 12.0 Å². The van der Waals surface area contributed by atoms with Gasteiger partial charge in [-0.15, -0.1) is 0 Å². The molecule has 1 amide bonds. The van der Waals surface area contributed by atoms with E-state index in [4.69, 9.17) is 9.73 Å². The topological polar surface area (TPSA) is 111 Å². The van der Waals surface area contributed by atoms with Crippen LogP contribution in [-0.2, 0) is 4.74 Å². The maximum atomic E-state index is 13.7. The summed E-state index contributed by atoms with van der Waals surface area (Å²) in [5, 5.41) is 15.5. The number of hydrazine groups is 1. The summed E-state index contributed by atoms with van der Waals surface area (Å²) in [5.41, 5.74) is 8.60. The Balaban J connectivity index is 1.64. The van der Waals surface area contributed by atoms with Crippen LogP contribution in [0.5, 0.6) is 0 Å². The molecule has 0 spiro atoms. The van der Waals surface area contributed by atoms with E-state index in [-0.39, 0.29) is 35.9 Å². The van der Waals surface area contributed by atoms with E-state index in [1.807, 2.05) is 19.1 Å². The summed E-state index contributed by atoms with van der Waals surface area (Å²) in [7, 11) is 1.63. The molecule has 0 aromatic heterocycles. The first kappa shape index (κ1) is 28.7. The van der Waals surface area contributed by atoms with Crippen molar-refractivity contribution >= 4 is 11.9 Å². The molecule has 2 aromatic carbocycles. The van der Waals surface area contributed by atoms with Crippen LogP contribution in [0.25, 0.3) is 0 Å². The maximum absolute atomic E-state index is 13.7. The molecule has 0 radical (unpaired) electrons. The highest BCUT2D eigenvalue weighted by atomic mass is 19.1. The van der Waals surface area contributed by atoms with Crippen molar-refractivity contribution in [3.8, 4) is 6.07 Å². The van der Waals surface area contributed by atoms with Crippen molar-refractivity contribution in [2.24, 2.45) is 16.8 Å². The first-order chi connectivity index (χ1) is 19.0. The molecule has 1 saturated heterocycles. The molecular formula is C30H39FN6O2. The molecule has 2 aliphatic rings. The van der Waals surface area contributed by atoms with Gasteiger partial charge in [-0.05, 0) is 61.6 Å². The van der Waals surface area contributed by atoms with Gasteiger partial charge in [0, 0.05) is 24.6 Å². The summed E-state index contributed by atoms with van der Waals surface area (Å²) in [5.74, 6) is 0.232. The summed E-state index contributed by atoms with van der Waals surface area (Å²) < 4.78 is 19.0. The zero-order valence-electron chi connectivity index (χ0n) is 22.8. The Morgan fingerprint density at radius 1 is 1.13 bits per heavy atom. The van der Waals surface area contributed by atoms with E-state index in [0.29, 0.717) is 29.6 Å². The van der Waals surface area contributed by atoms with Crippen LogP contribution in [0, 0.1) is 29.0 Å². The summed E-state index contributed by atoms with van der Waals surface area (Å²) in [4.78, 5) is 18.2. The molecule has 8 nitrogen and oxygen atoms in total. The molecule has 2 fully saturated rings. The summed E-state index contributed by atoms with van der Waals surface area (Å²) in [6.45, 7) is 2.38. The van der Waals surface area contributed by atoms with Crippen molar-refractivity contribution < 1.29 is 13.9 Å². The summed E-state index contributed by atoms with van der Waals surface area (Å²) in [6, 6.07) is 15.2. The average Bonchev–Trinajstić information content (AvgIpc) is 3.32. The highest BCUT2D eigenvalue weighted by molar-refractivity contribution is 6.06. The van der Waals surface area contributed by atoms with E-state index >= 15 is 0 Å². The number of nitrogens with zero attached hydrogens (tertiary/aromatic N) is 2. The predicted molar refractivity (Wildman–Crippen MR) is 149 cm³/mol. The number of hydrogen-bond acceptors (Lipinski definition) is 6. The van der Waals surface area contributed by atoms with Crippen molar-refractivity contribution in [3.63, 3.8) is 0 Å². The second kappa shape index (κ2) is 14.2. The number of guanidine groups is 1. The Kier molecular flexibility index (Phi) is 10.4.